The first-order valence-electron chi connectivity index (χ1n) is 9.89. The lowest BCUT2D eigenvalue weighted by molar-refractivity contribution is 0.0744. The minimum atomic E-state index is -0.368. The zero-order chi connectivity index (χ0) is 20.2. The number of carbonyl (C=O) groups is 1. The van der Waals surface area contributed by atoms with Gasteiger partial charge in [-0.3, -0.25) is 4.79 Å². The van der Waals surface area contributed by atoms with Crippen molar-refractivity contribution in [1.29, 1.82) is 0 Å². The molecule has 1 aromatic heterocycles. The van der Waals surface area contributed by atoms with E-state index in [0.717, 1.165) is 41.5 Å². The van der Waals surface area contributed by atoms with E-state index < -0.39 is 0 Å². The van der Waals surface area contributed by atoms with Crippen molar-refractivity contribution in [3.05, 3.63) is 51.5 Å². The van der Waals surface area contributed by atoms with Crippen molar-refractivity contribution >= 4 is 29.0 Å². The average molecular weight is 427 g/mol. The molecule has 1 unspecified atom stereocenters. The summed E-state index contributed by atoms with van der Waals surface area (Å²) in [4.78, 5) is 13.3. The van der Waals surface area contributed by atoms with Crippen LogP contribution in [-0.4, -0.2) is 26.4 Å². The summed E-state index contributed by atoms with van der Waals surface area (Å²) in [5.74, 6) is 1.12. The maximum atomic E-state index is 13.3. The molecule has 5 nitrogen and oxygen atoms in total. The molecule has 2 aliphatic carbocycles. The second kappa shape index (κ2) is 6.92. The standard InChI is InChI=1S/C22H20Cl2N4O/c1-22(15-4-2-3-5-15)11-14-10-16(18(23)19(24)17(14)20(22)29)12-6-8-13(9-7-12)21-25-27-28-26-21/h6-10,15H,2-5,11H2,1H3,(H,25,26,27,28). The fourth-order valence-electron chi connectivity index (χ4n) is 5.01. The number of aromatic amines is 1. The van der Waals surface area contributed by atoms with E-state index in [2.05, 4.69) is 27.5 Å². The molecule has 1 saturated carbocycles. The van der Waals surface area contributed by atoms with Crippen molar-refractivity contribution in [2.75, 3.05) is 0 Å². The van der Waals surface area contributed by atoms with Crippen LogP contribution in [0.15, 0.2) is 30.3 Å². The van der Waals surface area contributed by atoms with E-state index in [-0.39, 0.29) is 11.2 Å². The Morgan fingerprint density at radius 3 is 2.41 bits per heavy atom. The van der Waals surface area contributed by atoms with E-state index in [0.29, 0.717) is 27.4 Å². The molecule has 29 heavy (non-hydrogen) atoms. The van der Waals surface area contributed by atoms with Crippen molar-refractivity contribution in [1.82, 2.24) is 20.6 Å². The second-order valence-corrected chi connectivity index (χ2v) is 9.06. The largest absolute Gasteiger partial charge is 0.293 e. The Kier molecular flexibility index (Phi) is 4.48. The Hall–Kier alpha value is -2.24. The van der Waals surface area contributed by atoms with Gasteiger partial charge >= 0.3 is 0 Å². The Morgan fingerprint density at radius 2 is 1.76 bits per heavy atom. The lowest BCUT2D eigenvalue weighted by Crippen LogP contribution is -2.32. The molecule has 1 N–H and O–H groups in total. The number of nitrogens with zero attached hydrogens (tertiary/aromatic N) is 3. The number of carbonyl (C=O) groups excluding carboxylic acids is 1. The van der Waals surface area contributed by atoms with Gasteiger partial charge in [0.2, 0.25) is 5.82 Å². The third-order valence-corrected chi connectivity index (χ3v) is 7.51. The maximum Gasteiger partial charge on any atom is 0.204 e. The average Bonchev–Trinajstić information content (AvgIpc) is 3.48. The molecule has 3 aromatic rings. The summed E-state index contributed by atoms with van der Waals surface area (Å²) in [6.45, 7) is 2.11. The molecule has 2 aliphatic rings. The lowest BCUT2D eigenvalue weighted by Gasteiger charge is -2.29. The highest BCUT2D eigenvalue weighted by molar-refractivity contribution is 6.46. The van der Waals surface area contributed by atoms with Crippen LogP contribution >= 0.6 is 23.2 Å². The number of rotatable bonds is 3. The predicted octanol–water partition coefficient (Wildman–Crippen LogP) is 5.78. The molecule has 7 heteroatoms. The third kappa shape index (κ3) is 2.90. The van der Waals surface area contributed by atoms with E-state index in [9.17, 15) is 4.79 Å². The Labute approximate surface area is 178 Å². The van der Waals surface area contributed by atoms with Crippen molar-refractivity contribution in [3.8, 4) is 22.5 Å². The quantitative estimate of drug-likeness (QED) is 0.576. The molecule has 5 rings (SSSR count). The number of aromatic nitrogens is 4. The molecule has 0 bridgehead atoms. The minimum absolute atomic E-state index is 0.158. The fraction of sp³-hybridized carbons (Fsp3) is 0.364. The summed E-state index contributed by atoms with van der Waals surface area (Å²) < 4.78 is 0. The summed E-state index contributed by atoms with van der Waals surface area (Å²) in [6, 6.07) is 9.81. The van der Waals surface area contributed by atoms with Crippen LogP contribution in [0.25, 0.3) is 22.5 Å². The van der Waals surface area contributed by atoms with E-state index >= 15 is 0 Å². The number of tetrazole rings is 1. The highest BCUT2D eigenvalue weighted by atomic mass is 35.5. The summed E-state index contributed by atoms with van der Waals surface area (Å²) >= 11 is 13.3. The van der Waals surface area contributed by atoms with Gasteiger partial charge in [0.25, 0.3) is 0 Å². The van der Waals surface area contributed by atoms with Crippen LogP contribution < -0.4 is 0 Å². The van der Waals surface area contributed by atoms with Crippen LogP contribution in [0.5, 0.6) is 0 Å². The van der Waals surface area contributed by atoms with E-state index in [1.807, 2.05) is 30.3 Å². The fourth-order valence-corrected chi connectivity index (χ4v) is 5.58. The van der Waals surface area contributed by atoms with Gasteiger partial charge in [0, 0.05) is 22.1 Å². The number of halogens is 2. The highest BCUT2D eigenvalue weighted by Crippen LogP contribution is 2.52. The molecule has 1 fully saturated rings. The second-order valence-electron chi connectivity index (χ2n) is 8.30. The molecule has 0 aliphatic heterocycles. The number of fused-ring (bicyclic) bond motifs is 1. The van der Waals surface area contributed by atoms with Gasteiger partial charge in [-0.2, -0.15) is 5.21 Å². The minimum Gasteiger partial charge on any atom is -0.293 e. The molecular weight excluding hydrogens is 407 g/mol. The van der Waals surface area contributed by atoms with Gasteiger partial charge in [0.15, 0.2) is 5.78 Å². The maximum absolute atomic E-state index is 13.3. The topological polar surface area (TPSA) is 71.5 Å². The molecule has 1 heterocycles. The van der Waals surface area contributed by atoms with Crippen LogP contribution in [0.3, 0.4) is 0 Å². The Bertz CT molecular complexity index is 1090. The summed E-state index contributed by atoms with van der Waals surface area (Å²) in [7, 11) is 0. The first-order valence-corrected chi connectivity index (χ1v) is 10.6. The highest BCUT2D eigenvalue weighted by Gasteiger charge is 2.49. The van der Waals surface area contributed by atoms with Crippen molar-refractivity contribution < 1.29 is 4.79 Å². The van der Waals surface area contributed by atoms with Crippen LogP contribution in [0.2, 0.25) is 10.0 Å². The SMILES string of the molecule is CC1(C2CCCC2)Cc2cc(-c3ccc(-c4nn[nH]n4)cc3)c(Cl)c(Cl)c2C1=O. The zero-order valence-corrected chi connectivity index (χ0v) is 17.5. The molecule has 1 atom stereocenters. The van der Waals surface area contributed by atoms with Crippen LogP contribution in [-0.2, 0) is 6.42 Å². The predicted molar refractivity (Wildman–Crippen MR) is 113 cm³/mol. The Balaban J connectivity index is 1.55. The number of hydrogen-bond donors (Lipinski definition) is 1. The summed E-state index contributed by atoms with van der Waals surface area (Å²) in [6.07, 6.45) is 5.38. The number of benzene rings is 2. The van der Waals surface area contributed by atoms with Gasteiger partial charge in [-0.1, -0.05) is 67.2 Å². The summed E-state index contributed by atoms with van der Waals surface area (Å²) in [5, 5.41) is 14.9. The molecule has 148 valence electrons. The van der Waals surface area contributed by atoms with Gasteiger partial charge in [-0.25, -0.2) is 0 Å². The van der Waals surface area contributed by atoms with Crippen molar-refractivity contribution in [3.63, 3.8) is 0 Å². The Morgan fingerprint density at radius 1 is 1.07 bits per heavy atom. The van der Waals surface area contributed by atoms with Gasteiger partial charge in [-0.05, 0) is 47.6 Å². The van der Waals surface area contributed by atoms with E-state index in [1.165, 1.54) is 12.8 Å². The number of ketones is 1. The smallest absolute Gasteiger partial charge is 0.204 e. The lowest BCUT2D eigenvalue weighted by atomic mass is 9.73. The van der Waals surface area contributed by atoms with Crippen LogP contribution in [0.1, 0.15) is 48.5 Å². The van der Waals surface area contributed by atoms with E-state index in [4.69, 9.17) is 23.2 Å². The molecule has 2 aromatic carbocycles. The van der Waals surface area contributed by atoms with Gasteiger partial charge < -0.3 is 0 Å². The monoisotopic (exact) mass is 426 g/mol. The summed E-state index contributed by atoms with van der Waals surface area (Å²) in [5.41, 5.74) is 3.91. The number of nitrogens with one attached hydrogen (secondary N) is 1. The molecule has 0 saturated heterocycles. The van der Waals surface area contributed by atoms with Gasteiger partial charge in [0.1, 0.15) is 0 Å². The van der Waals surface area contributed by atoms with Crippen LogP contribution in [0.4, 0.5) is 0 Å². The molecular formula is C22H20Cl2N4O. The number of H-pyrrole nitrogens is 1. The molecule has 0 radical (unpaired) electrons. The van der Waals surface area contributed by atoms with Crippen molar-refractivity contribution in [2.45, 2.75) is 39.0 Å². The van der Waals surface area contributed by atoms with Crippen molar-refractivity contribution in [2.24, 2.45) is 11.3 Å². The van der Waals surface area contributed by atoms with E-state index in [1.54, 1.807) is 0 Å². The normalized spacial score (nSPS) is 21.7. The first kappa shape index (κ1) is 18.8. The van der Waals surface area contributed by atoms with Gasteiger partial charge in [-0.15, -0.1) is 10.2 Å². The van der Waals surface area contributed by atoms with Gasteiger partial charge in [0.05, 0.1) is 10.0 Å². The molecule has 0 amide bonds. The number of Topliss-reactive ketones (excluding diaryl/α,β-unsaturated/α-hetero) is 1. The first-order chi connectivity index (χ1) is 14.0. The van der Waals surface area contributed by atoms with Crippen LogP contribution in [0, 0.1) is 11.3 Å². The number of hydrogen-bond acceptors (Lipinski definition) is 4. The third-order valence-electron chi connectivity index (χ3n) is 6.65. The molecule has 0 spiro atoms. The zero-order valence-electron chi connectivity index (χ0n) is 16.0.